The number of nitrogens with one attached hydrogen (secondary N) is 1. The Hall–Kier alpha value is -3.56. The Morgan fingerprint density at radius 3 is 2.23 bits per heavy atom. The Bertz CT molecular complexity index is 1370. The van der Waals surface area contributed by atoms with Crippen LogP contribution in [-0.4, -0.2) is 59.5 Å². The van der Waals surface area contributed by atoms with Crippen LogP contribution in [0, 0.1) is 17.5 Å². The van der Waals surface area contributed by atoms with Gasteiger partial charge in [-0.05, 0) is 99.1 Å². The molecule has 1 N–H and O–H groups in total. The number of urea groups is 2. The van der Waals surface area contributed by atoms with Crippen LogP contribution in [0.2, 0.25) is 0 Å². The van der Waals surface area contributed by atoms with E-state index in [0.717, 1.165) is 55.1 Å². The van der Waals surface area contributed by atoms with Crippen LogP contribution in [0.4, 0.5) is 22.8 Å². The summed E-state index contributed by atoms with van der Waals surface area (Å²) in [5.41, 5.74) is 2.50. The largest absolute Gasteiger partial charge is 0.338 e. The molecular weight excluding hydrogens is 577 g/mol. The predicted octanol–water partition coefficient (Wildman–Crippen LogP) is 7.44. The van der Waals surface area contributed by atoms with E-state index in [0.29, 0.717) is 37.4 Å². The normalized spacial score (nSPS) is 18.7. The number of carbonyl (C=O) groups is 2. The van der Waals surface area contributed by atoms with Gasteiger partial charge in [0.1, 0.15) is 5.82 Å². The van der Waals surface area contributed by atoms with Crippen molar-refractivity contribution in [3.05, 3.63) is 107 Å². The van der Waals surface area contributed by atoms with Gasteiger partial charge in [0.05, 0.1) is 12.1 Å². The van der Waals surface area contributed by atoms with Crippen molar-refractivity contribution in [2.45, 2.75) is 50.6 Å². The van der Waals surface area contributed by atoms with Crippen LogP contribution in [0.3, 0.4) is 0 Å². The predicted molar refractivity (Wildman–Crippen MR) is 163 cm³/mol. The van der Waals surface area contributed by atoms with Crippen molar-refractivity contribution in [1.29, 1.82) is 0 Å². The zero-order chi connectivity index (χ0) is 29.6. The lowest BCUT2D eigenvalue weighted by Gasteiger charge is -2.43. The van der Waals surface area contributed by atoms with Crippen molar-refractivity contribution in [2.24, 2.45) is 0 Å². The summed E-state index contributed by atoms with van der Waals surface area (Å²) in [5.74, 6) is -1.79. The number of imide groups is 1. The molecule has 4 amide bonds. The number of hydrogen-bond acceptors (Lipinski definition) is 3. The molecule has 5 rings (SSSR count). The molecule has 6 nitrogen and oxygen atoms in total. The Morgan fingerprint density at radius 2 is 1.56 bits per heavy atom. The van der Waals surface area contributed by atoms with E-state index in [2.05, 4.69) is 10.2 Å². The highest BCUT2D eigenvalue weighted by Crippen LogP contribution is 2.35. The minimum atomic E-state index is -1.01. The van der Waals surface area contributed by atoms with Crippen molar-refractivity contribution >= 4 is 24.5 Å². The van der Waals surface area contributed by atoms with E-state index in [9.17, 15) is 22.8 Å². The van der Waals surface area contributed by atoms with Gasteiger partial charge in [0, 0.05) is 13.1 Å². The van der Waals surface area contributed by atoms with Crippen molar-refractivity contribution in [2.75, 3.05) is 32.7 Å². The van der Waals surface area contributed by atoms with E-state index in [-0.39, 0.29) is 24.3 Å². The number of hydrogen-bond donors (Lipinski definition) is 1. The fourth-order valence-corrected chi connectivity index (χ4v) is 6.10. The van der Waals surface area contributed by atoms with E-state index in [1.54, 1.807) is 4.90 Å². The van der Waals surface area contributed by atoms with Gasteiger partial charge in [-0.15, -0.1) is 12.4 Å². The molecule has 0 spiro atoms. The maximum Gasteiger partial charge on any atom is 0.329 e. The number of nitrogens with zero attached hydrogens (tertiary/aromatic N) is 3. The molecule has 2 fully saturated rings. The molecular formula is C33H38ClF3N4O2. The van der Waals surface area contributed by atoms with Crippen LogP contribution < -0.4 is 5.32 Å². The molecule has 0 aromatic heterocycles. The van der Waals surface area contributed by atoms with E-state index in [1.807, 2.05) is 49.4 Å². The minimum Gasteiger partial charge on any atom is -0.338 e. The van der Waals surface area contributed by atoms with Crippen molar-refractivity contribution in [1.82, 2.24) is 20.0 Å². The average Bonchev–Trinajstić information content (AvgIpc) is 3.01. The third kappa shape index (κ3) is 7.70. The van der Waals surface area contributed by atoms with Crippen LogP contribution in [0.15, 0.2) is 72.8 Å². The highest BCUT2D eigenvalue weighted by molar-refractivity contribution is 5.95. The Labute approximate surface area is 257 Å². The zero-order valence-electron chi connectivity index (χ0n) is 24.2. The molecule has 2 heterocycles. The van der Waals surface area contributed by atoms with E-state index >= 15 is 0 Å². The molecule has 10 heteroatoms. The first kappa shape index (κ1) is 32.4. The minimum absolute atomic E-state index is 0. The number of carbonyl (C=O) groups excluding carboxylic acids is 2. The molecule has 2 saturated heterocycles. The van der Waals surface area contributed by atoms with E-state index < -0.39 is 29.7 Å². The van der Waals surface area contributed by atoms with Gasteiger partial charge in [-0.25, -0.2) is 27.7 Å². The summed E-state index contributed by atoms with van der Waals surface area (Å²) in [4.78, 5) is 32.4. The molecule has 3 aromatic carbocycles. The number of likely N-dealkylation sites (tertiary alicyclic amines) is 1. The molecule has 0 aliphatic carbocycles. The molecule has 0 radical (unpaired) electrons. The molecule has 1 unspecified atom stereocenters. The molecule has 3 aromatic rings. The first-order valence-electron chi connectivity index (χ1n) is 14.7. The van der Waals surface area contributed by atoms with Crippen molar-refractivity contribution in [3.8, 4) is 0 Å². The molecule has 2 aliphatic rings. The molecule has 0 bridgehead atoms. The molecule has 43 heavy (non-hydrogen) atoms. The summed E-state index contributed by atoms with van der Waals surface area (Å²) < 4.78 is 41.1. The van der Waals surface area contributed by atoms with Crippen LogP contribution in [0.5, 0.6) is 0 Å². The second kappa shape index (κ2) is 14.8. The van der Waals surface area contributed by atoms with Crippen LogP contribution in [0.1, 0.15) is 67.3 Å². The van der Waals surface area contributed by atoms with E-state index in [1.165, 1.54) is 23.8 Å². The van der Waals surface area contributed by atoms with Crippen LogP contribution in [-0.2, 0) is 0 Å². The van der Waals surface area contributed by atoms with Crippen molar-refractivity contribution < 1.29 is 22.8 Å². The standard InChI is InChI=1S/C33H37F3N4O2.ClH/c1-23(24-6-3-2-4-7-24)39-21-16-31(27-10-13-29(35)30(36)22-27)40(33(39)42)32(41)37-17-5-18-38-19-14-26(15-20-38)25-8-11-28(34)12-9-25;/h2-4,6-13,22-23,26,31H,5,14-21H2,1H3,(H,37,41);1H/t23-,31?;/m1./s1. The first-order valence-corrected chi connectivity index (χ1v) is 14.7. The summed E-state index contributed by atoms with van der Waals surface area (Å²) in [7, 11) is 0. The quantitative estimate of drug-likeness (QED) is 0.268. The second-order valence-corrected chi connectivity index (χ2v) is 11.2. The van der Waals surface area contributed by atoms with Gasteiger partial charge in [0.2, 0.25) is 0 Å². The number of piperidine rings is 1. The van der Waals surface area contributed by atoms with Gasteiger partial charge in [0.15, 0.2) is 11.6 Å². The SMILES string of the molecule is C[C@H](c1ccccc1)N1CCC(c2ccc(F)c(F)c2)N(C(=O)NCCCN2CCC(c3ccc(F)cc3)CC2)C1=O.Cl. The third-order valence-corrected chi connectivity index (χ3v) is 8.56. The Morgan fingerprint density at radius 1 is 0.884 bits per heavy atom. The van der Waals surface area contributed by atoms with Crippen molar-refractivity contribution in [3.63, 3.8) is 0 Å². The lowest BCUT2D eigenvalue weighted by atomic mass is 9.89. The lowest BCUT2D eigenvalue weighted by Crippen LogP contribution is -2.56. The second-order valence-electron chi connectivity index (χ2n) is 11.2. The number of halogens is 4. The number of amides is 4. The third-order valence-electron chi connectivity index (χ3n) is 8.56. The highest BCUT2D eigenvalue weighted by atomic mass is 35.5. The number of rotatable bonds is 8. The Balaban J connectivity index is 0.00000423. The molecule has 2 aliphatic heterocycles. The molecule has 0 saturated carbocycles. The smallest absolute Gasteiger partial charge is 0.329 e. The molecule has 230 valence electrons. The van der Waals surface area contributed by atoms with Gasteiger partial charge >= 0.3 is 12.1 Å². The van der Waals surface area contributed by atoms with Gasteiger partial charge in [-0.2, -0.15) is 0 Å². The highest BCUT2D eigenvalue weighted by Gasteiger charge is 2.40. The maximum atomic E-state index is 14.1. The number of benzene rings is 3. The van der Waals surface area contributed by atoms with Gasteiger partial charge in [-0.1, -0.05) is 48.5 Å². The van der Waals surface area contributed by atoms with Gasteiger partial charge in [-0.3, -0.25) is 0 Å². The topological polar surface area (TPSA) is 55.9 Å². The summed E-state index contributed by atoms with van der Waals surface area (Å²) in [5, 5.41) is 2.90. The fraction of sp³-hybridized carbons (Fsp3) is 0.394. The molecule has 2 atom stereocenters. The summed E-state index contributed by atoms with van der Waals surface area (Å²) >= 11 is 0. The first-order chi connectivity index (χ1) is 20.3. The van der Waals surface area contributed by atoms with E-state index in [4.69, 9.17) is 0 Å². The summed E-state index contributed by atoms with van der Waals surface area (Å²) in [6.45, 7) is 5.31. The zero-order valence-corrected chi connectivity index (χ0v) is 25.0. The average molecular weight is 615 g/mol. The van der Waals surface area contributed by atoms with Crippen LogP contribution >= 0.6 is 12.4 Å². The van der Waals surface area contributed by atoms with Crippen LogP contribution in [0.25, 0.3) is 0 Å². The van der Waals surface area contributed by atoms with Gasteiger partial charge < -0.3 is 15.1 Å². The van der Waals surface area contributed by atoms with Gasteiger partial charge in [0.25, 0.3) is 0 Å². The summed E-state index contributed by atoms with van der Waals surface area (Å²) in [6.07, 6.45) is 3.08. The summed E-state index contributed by atoms with van der Waals surface area (Å²) in [6, 6.07) is 17.9. The monoisotopic (exact) mass is 614 g/mol. The fourth-order valence-electron chi connectivity index (χ4n) is 6.10. The Kier molecular flexibility index (Phi) is 11.1. The lowest BCUT2D eigenvalue weighted by molar-refractivity contribution is 0.0944. The maximum absolute atomic E-state index is 14.1.